The van der Waals surface area contributed by atoms with Crippen LogP contribution in [-0.4, -0.2) is 192 Å². The Morgan fingerprint density at radius 1 is 0.567 bits per heavy atom. The van der Waals surface area contributed by atoms with Gasteiger partial charge in [-0.05, 0) is 44.4 Å². The number of esters is 1. The summed E-state index contributed by atoms with van der Waals surface area (Å²) < 4.78 is 40.8. The largest absolute Gasteiger partial charge is 0.479 e. The van der Waals surface area contributed by atoms with Gasteiger partial charge in [-0.15, -0.1) is 0 Å². The highest BCUT2D eigenvalue weighted by Crippen LogP contribution is 2.32. The maximum absolute atomic E-state index is 12.2. The van der Waals surface area contributed by atoms with Gasteiger partial charge in [0.2, 0.25) is 0 Å². The molecule has 3 rings (SSSR count). The molecule has 0 amide bonds. The highest BCUT2D eigenvalue weighted by Gasteiger charge is 2.51. The van der Waals surface area contributed by atoms with Gasteiger partial charge in [-0.25, -0.2) is 4.79 Å². The van der Waals surface area contributed by atoms with Gasteiger partial charge in [0.1, 0.15) is 67.6 Å². The minimum Gasteiger partial charge on any atom is -0.479 e. The Bertz CT molecular complexity index is 1330. The Morgan fingerprint density at radius 3 is 1.58 bits per heavy atom. The molecule has 3 aliphatic heterocycles. The van der Waals surface area contributed by atoms with Crippen LogP contribution in [0.2, 0.25) is 0 Å². The van der Waals surface area contributed by atoms with Gasteiger partial charge in [-0.1, -0.05) is 111 Å². The van der Waals surface area contributed by atoms with Gasteiger partial charge < -0.3 is 89.3 Å². The van der Waals surface area contributed by atoms with Crippen LogP contribution in [0.25, 0.3) is 0 Å². The van der Waals surface area contributed by atoms with E-state index in [4.69, 9.17) is 38.3 Å². The Kier molecular flexibility index (Phi) is 28.7. The zero-order valence-electron chi connectivity index (χ0n) is 40.0. The molecule has 20 nitrogen and oxygen atoms in total. The molecule has 67 heavy (non-hydrogen) atoms. The predicted octanol–water partition coefficient (Wildman–Crippen LogP) is 1.68. The van der Waals surface area contributed by atoms with Crippen LogP contribution in [-0.2, 0) is 42.7 Å². The molecule has 394 valence electrons. The van der Waals surface area contributed by atoms with Crippen LogP contribution in [0.5, 0.6) is 0 Å². The van der Waals surface area contributed by atoms with Crippen LogP contribution in [0.4, 0.5) is 0 Å². The lowest BCUT2D eigenvalue weighted by atomic mass is 9.98. The van der Waals surface area contributed by atoms with E-state index in [2.05, 4.69) is 0 Å². The summed E-state index contributed by atoms with van der Waals surface area (Å²) in [6.07, 6.45) is -7.52. The molecule has 0 aromatic carbocycles. The lowest BCUT2D eigenvalue weighted by molar-refractivity contribution is -0.380. The van der Waals surface area contributed by atoms with Crippen LogP contribution < -0.4 is 0 Å². The highest BCUT2D eigenvalue weighted by atomic mass is 16.8. The van der Waals surface area contributed by atoms with E-state index in [9.17, 15) is 60.7 Å². The molecular weight excluding hydrogens is 884 g/mol. The van der Waals surface area contributed by atoms with Gasteiger partial charge in [-0.3, -0.25) is 4.79 Å². The first-order valence-electron chi connectivity index (χ1n) is 25.0. The first-order chi connectivity index (χ1) is 31.9. The number of aliphatic hydroxyl groups is 10. The van der Waals surface area contributed by atoms with Gasteiger partial charge in [0.05, 0.1) is 31.5 Å². The molecule has 0 aromatic heterocycles. The molecular formula is C47H86O20. The third kappa shape index (κ3) is 21.3. The van der Waals surface area contributed by atoms with Crippen molar-refractivity contribution in [2.45, 2.75) is 260 Å². The number of aliphatic hydroxyl groups excluding tert-OH is 10. The number of aliphatic carboxylic acids is 1. The van der Waals surface area contributed by atoms with Gasteiger partial charge in [0.15, 0.2) is 25.0 Å². The molecule has 0 aliphatic carbocycles. The van der Waals surface area contributed by atoms with E-state index in [1.54, 1.807) is 0 Å². The van der Waals surface area contributed by atoms with Crippen molar-refractivity contribution in [2.75, 3.05) is 19.8 Å². The van der Waals surface area contributed by atoms with Crippen LogP contribution in [0, 0.1) is 5.92 Å². The van der Waals surface area contributed by atoms with Crippen molar-refractivity contribution in [3.05, 3.63) is 0 Å². The van der Waals surface area contributed by atoms with Gasteiger partial charge >= 0.3 is 11.9 Å². The molecule has 20 heteroatoms. The number of hydrogen-bond donors (Lipinski definition) is 11. The molecule has 0 radical (unpaired) electrons. The smallest absolute Gasteiger partial charge is 0.332 e. The zero-order chi connectivity index (χ0) is 49.5. The number of rotatable bonds is 34. The summed E-state index contributed by atoms with van der Waals surface area (Å²) in [5.41, 5.74) is 0. The number of carboxylic acid groups (broad SMARTS) is 1. The van der Waals surface area contributed by atoms with E-state index in [1.165, 1.54) is 0 Å². The standard InChI is InChI=1S/C47H86O20/c1-4-5-19-29(20-18-23-31(49)30(48)21-16-14-12-10-8-6-7-9-11-13-15-17-22-32(50)44(59)60)64-46-42(37(54)33(51)25-62-46)67-47-43(38(55)34(52)26-63-47)66-45-41(58)40(57)39(56)35(65-45)27-61-36(53)24-28(2)3/h28-35,37-43,45-52,54-58H,4-27H2,1-3H3,(H,59,60)/t29-,30-,31-,32+,33-,34-,35-,37+,38+,39-,40+,41-,42-,43-,45+,46+,47+/m0/s1. The van der Waals surface area contributed by atoms with Crippen LogP contribution in [0.3, 0.4) is 0 Å². The van der Waals surface area contributed by atoms with Crippen molar-refractivity contribution in [1.29, 1.82) is 0 Å². The van der Waals surface area contributed by atoms with Crippen LogP contribution in [0.1, 0.15) is 156 Å². The fourth-order valence-corrected chi connectivity index (χ4v) is 8.52. The SMILES string of the molecule is CCCC[C@@H](CCC[C@H](O)[C@@H](O)CCCCCCCCCCCCCC[C@@H](O)C(=O)O)O[C@H]1OC[C@H](O)[C@@H](O)[C@@H]1O[C@H]1OC[C@H](O)[C@@H](O)[C@@H]1O[C@H]1O[C@@H](COC(=O)CC(C)C)[C@H](O)[C@@H](O)[C@@H]1O. The average Bonchev–Trinajstić information content (AvgIpc) is 3.29. The molecule has 11 N–H and O–H groups in total. The second-order valence-electron chi connectivity index (χ2n) is 19.2. The predicted molar refractivity (Wildman–Crippen MR) is 239 cm³/mol. The lowest BCUT2D eigenvalue weighted by Crippen LogP contribution is -2.64. The summed E-state index contributed by atoms with van der Waals surface area (Å²) >= 11 is 0. The number of carbonyl (C=O) groups excluding carboxylic acids is 1. The Morgan fingerprint density at radius 2 is 1.04 bits per heavy atom. The highest BCUT2D eigenvalue weighted by molar-refractivity contribution is 5.71. The fourth-order valence-electron chi connectivity index (χ4n) is 8.52. The summed E-state index contributed by atoms with van der Waals surface area (Å²) in [6.45, 7) is 4.40. The Labute approximate surface area is 395 Å². The maximum Gasteiger partial charge on any atom is 0.332 e. The zero-order valence-corrected chi connectivity index (χ0v) is 40.0. The van der Waals surface area contributed by atoms with E-state index in [0.29, 0.717) is 38.5 Å². The van der Waals surface area contributed by atoms with Crippen LogP contribution >= 0.6 is 0 Å². The van der Waals surface area contributed by atoms with E-state index < -0.39 is 129 Å². The number of hydrogen-bond acceptors (Lipinski definition) is 19. The van der Waals surface area contributed by atoms with E-state index >= 15 is 0 Å². The van der Waals surface area contributed by atoms with Gasteiger partial charge in [0.25, 0.3) is 0 Å². The van der Waals surface area contributed by atoms with Gasteiger partial charge in [-0.2, -0.15) is 0 Å². The second-order valence-corrected chi connectivity index (χ2v) is 19.2. The van der Waals surface area contributed by atoms with Crippen molar-refractivity contribution in [2.24, 2.45) is 5.92 Å². The molecule has 3 fully saturated rings. The molecule has 3 saturated heterocycles. The number of carbonyl (C=O) groups is 2. The quantitative estimate of drug-likeness (QED) is 0.0323. The first kappa shape index (κ1) is 59.6. The third-order valence-electron chi connectivity index (χ3n) is 12.8. The number of unbranched alkanes of at least 4 members (excludes halogenated alkanes) is 12. The molecule has 0 unspecified atom stereocenters. The van der Waals surface area contributed by atoms with Crippen LogP contribution in [0.15, 0.2) is 0 Å². The first-order valence-corrected chi connectivity index (χ1v) is 25.0. The number of carboxylic acids is 1. The van der Waals surface area contributed by atoms with Crippen molar-refractivity contribution in [3.8, 4) is 0 Å². The van der Waals surface area contributed by atoms with E-state index in [-0.39, 0.29) is 18.9 Å². The summed E-state index contributed by atoms with van der Waals surface area (Å²) in [7, 11) is 0. The molecule has 0 aromatic rings. The molecule has 3 aliphatic rings. The van der Waals surface area contributed by atoms with Crippen molar-refractivity contribution >= 4 is 11.9 Å². The Balaban J connectivity index is 1.48. The van der Waals surface area contributed by atoms with Crippen molar-refractivity contribution < 1.29 is 98.9 Å². The molecule has 17 atom stereocenters. The maximum atomic E-state index is 12.2. The minimum atomic E-state index is -1.88. The van der Waals surface area contributed by atoms with Crippen molar-refractivity contribution in [1.82, 2.24) is 0 Å². The molecule has 0 bridgehead atoms. The van der Waals surface area contributed by atoms with E-state index in [0.717, 1.165) is 89.9 Å². The number of ether oxygens (including phenoxy) is 7. The summed E-state index contributed by atoms with van der Waals surface area (Å²) in [5.74, 6) is -1.75. The Hall–Kier alpha value is -1.70. The fraction of sp³-hybridized carbons (Fsp3) is 0.957. The average molecular weight is 971 g/mol. The second kappa shape index (κ2) is 32.3. The summed E-state index contributed by atoms with van der Waals surface area (Å²) in [5, 5.41) is 115. The normalized spacial score (nSPS) is 32.2. The molecule has 3 heterocycles. The summed E-state index contributed by atoms with van der Waals surface area (Å²) in [6, 6.07) is 0. The topological polar surface area (TPSA) is 321 Å². The molecule has 0 spiro atoms. The van der Waals surface area contributed by atoms with Crippen molar-refractivity contribution in [3.63, 3.8) is 0 Å². The third-order valence-corrected chi connectivity index (χ3v) is 12.8. The summed E-state index contributed by atoms with van der Waals surface area (Å²) in [4.78, 5) is 22.9. The van der Waals surface area contributed by atoms with E-state index in [1.807, 2.05) is 20.8 Å². The molecule has 0 saturated carbocycles. The minimum absolute atomic E-state index is 0.0120. The van der Waals surface area contributed by atoms with Gasteiger partial charge in [0, 0.05) is 6.42 Å². The monoisotopic (exact) mass is 971 g/mol. The lowest BCUT2D eigenvalue weighted by Gasteiger charge is -2.46.